The van der Waals surface area contributed by atoms with Crippen LogP contribution in [0.15, 0.2) is 27.0 Å². The summed E-state index contributed by atoms with van der Waals surface area (Å²) in [5.41, 5.74) is 7.04. The fraction of sp³-hybridized carbons (Fsp3) is 0.556. The molecule has 0 bridgehead atoms. The predicted molar refractivity (Wildman–Crippen MR) is 62.0 cm³/mol. The summed E-state index contributed by atoms with van der Waals surface area (Å²) in [4.78, 5) is 27.0. The number of H-pyrrole nitrogens is 1. The third-order valence-corrected chi connectivity index (χ3v) is 2.18. The third-order valence-electron chi connectivity index (χ3n) is 2.18. The van der Waals surface area contributed by atoms with Crippen molar-refractivity contribution in [2.75, 3.05) is 13.2 Å². The van der Waals surface area contributed by atoms with E-state index in [2.05, 4.69) is 15.0 Å². The molecule has 9 heteroatoms. The summed E-state index contributed by atoms with van der Waals surface area (Å²) in [5.74, 6) is 0. The fourth-order valence-electron chi connectivity index (χ4n) is 1.33. The lowest BCUT2D eigenvalue weighted by Crippen LogP contribution is -2.34. The fourth-order valence-corrected chi connectivity index (χ4v) is 1.33. The minimum atomic E-state index is -0.713. The van der Waals surface area contributed by atoms with Gasteiger partial charge >= 0.3 is 5.69 Å². The van der Waals surface area contributed by atoms with Crippen molar-refractivity contribution < 1.29 is 9.84 Å². The quantitative estimate of drug-likeness (QED) is 0.411. The molecule has 2 N–H and O–H groups in total. The highest BCUT2D eigenvalue weighted by Gasteiger charge is 2.14. The first-order chi connectivity index (χ1) is 8.58. The number of ether oxygens (including phenoxy) is 1. The Hall–Kier alpha value is -2.09. The van der Waals surface area contributed by atoms with Gasteiger partial charge in [-0.1, -0.05) is 5.11 Å². The average Bonchev–Trinajstić information content (AvgIpc) is 2.34. The predicted octanol–water partition coefficient (Wildman–Crippen LogP) is -0.257. The van der Waals surface area contributed by atoms with E-state index in [1.165, 1.54) is 12.3 Å². The largest absolute Gasteiger partial charge is 0.394 e. The van der Waals surface area contributed by atoms with Crippen molar-refractivity contribution in [2.45, 2.75) is 19.3 Å². The molecule has 0 aliphatic heterocycles. The Kier molecular flexibility index (Phi) is 5.12. The topological polar surface area (TPSA) is 133 Å². The first-order valence-electron chi connectivity index (χ1n) is 5.17. The van der Waals surface area contributed by atoms with Gasteiger partial charge in [0, 0.05) is 17.2 Å². The van der Waals surface area contributed by atoms with Crippen LogP contribution in [0.4, 0.5) is 0 Å². The van der Waals surface area contributed by atoms with E-state index in [0.717, 1.165) is 4.57 Å². The van der Waals surface area contributed by atoms with Crippen LogP contribution in [0.1, 0.15) is 13.2 Å². The van der Waals surface area contributed by atoms with E-state index in [9.17, 15) is 9.59 Å². The maximum absolute atomic E-state index is 11.4. The van der Waals surface area contributed by atoms with E-state index in [1.54, 1.807) is 6.92 Å². The molecule has 0 aromatic carbocycles. The number of hydrogen-bond donors (Lipinski definition) is 2. The molecule has 0 amide bonds. The Labute approximate surface area is 101 Å². The van der Waals surface area contributed by atoms with Crippen LogP contribution in [0.2, 0.25) is 0 Å². The molecule has 1 aromatic rings. The van der Waals surface area contributed by atoms with Gasteiger partial charge in [0.2, 0.25) is 0 Å². The maximum atomic E-state index is 11.4. The highest BCUT2D eigenvalue weighted by atomic mass is 16.5. The number of aliphatic hydroxyl groups excluding tert-OH is 1. The van der Waals surface area contributed by atoms with Gasteiger partial charge in [-0.05, 0) is 12.5 Å². The van der Waals surface area contributed by atoms with Crippen molar-refractivity contribution in [1.29, 1.82) is 0 Å². The lowest BCUT2D eigenvalue weighted by atomic mass is 10.4. The molecule has 0 saturated carbocycles. The van der Waals surface area contributed by atoms with Crippen molar-refractivity contribution in [3.8, 4) is 0 Å². The van der Waals surface area contributed by atoms with Crippen LogP contribution >= 0.6 is 0 Å². The van der Waals surface area contributed by atoms with Crippen LogP contribution < -0.4 is 11.2 Å². The van der Waals surface area contributed by atoms with E-state index in [-0.39, 0.29) is 13.2 Å². The average molecular weight is 255 g/mol. The molecule has 98 valence electrons. The molecule has 0 radical (unpaired) electrons. The normalized spacial score (nSPS) is 13.7. The summed E-state index contributed by atoms with van der Waals surface area (Å²) < 4.78 is 6.49. The molecule has 18 heavy (non-hydrogen) atoms. The second-order valence-electron chi connectivity index (χ2n) is 3.47. The number of nitrogens with one attached hydrogen (secondary N) is 1. The molecule has 0 aliphatic rings. The Morgan fingerprint density at radius 1 is 1.67 bits per heavy atom. The van der Waals surface area contributed by atoms with Gasteiger partial charge in [-0.15, -0.1) is 0 Å². The van der Waals surface area contributed by atoms with Crippen LogP contribution in [0.25, 0.3) is 10.4 Å². The summed E-state index contributed by atoms with van der Waals surface area (Å²) in [6, 6.07) is 1.18. The van der Waals surface area contributed by atoms with Crippen LogP contribution in [0, 0.1) is 0 Å². The Morgan fingerprint density at radius 2 is 2.39 bits per heavy atom. The molecule has 1 heterocycles. The molecular weight excluding hydrogens is 242 g/mol. The first-order valence-corrected chi connectivity index (χ1v) is 5.17. The summed E-state index contributed by atoms with van der Waals surface area (Å²) in [7, 11) is 0. The van der Waals surface area contributed by atoms with E-state index in [4.69, 9.17) is 15.4 Å². The molecule has 2 atom stereocenters. The first kappa shape index (κ1) is 14.0. The van der Waals surface area contributed by atoms with Gasteiger partial charge in [-0.3, -0.25) is 14.3 Å². The summed E-state index contributed by atoms with van der Waals surface area (Å²) >= 11 is 0. The molecular formula is C9H13N5O4. The summed E-state index contributed by atoms with van der Waals surface area (Å²) in [5, 5.41) is 12.3. The lowest BCUT2D eigenvalue weighted by Gasteiger charge is -2.20. The molecule has 0 saturated heterocycles. The number of aromatic amines is 1. The number of hydrogen-bond acceptors (Lipinski definition) is 5. The number of azide groups is 1. The van der Waals surface area contributed by atoms with Gasteiger partial charge < -0.3 is 9.84 Å². The van der Waals surface area contributed by atoms with Crippen molar-refractivity contribution in [2.24, 2.45) is 5.11 Å². The highest BCUT2D eigenvalue weighted by molar-refractivity contribution is 4.83. The van der Waals surface area contributed by atoms with Crippen LogP contribution in [0.3, 0.4) is 0 Å². The molecule has 0 spiro atoms. The monoisotopic (exact) mass is 255 g/mol. The van der Waals surface area contributed by atoms with Gasteiger partial charge in [0.1, 0.15) is 6.23 Å². The zero-order valence-electron chi connectivity index (χ0n) is 9.68. The van der Waals surface area contributed by atoms with Gasteiger partial charge in [-0.25, -0.2) is 4.79 Å². The number of nitrogens with zero attached hydrogens (tertiary/aromatic N) is 4. The minimum Gasteiger partial charge on any atom is -0.394 e. The number of aliphatic hydroxyl groups is 1. The summed E-state index contributed by atoms with van der Waals surface area (Å²) in [6.07, 6.45) is -0.136. The molecule has 9 nitrogen and oxygen atoms in total. The zero-order chi connectivity index (χ0) is 13.5. The van der Waals surface area contributed by atoms with Gasteiger partial charge in [0.25, 0.3) is 5.56 Å². The second-order valence-corrected chi connectivity index (χ2v) is 3.47. The van der Waals surface area contributed by atoms with Gasteiger partial charge in [0.15, 0.2) is 0 Å². The molecule has 0 aliphatic carbocycles. The molecule has 1 aromatic heterocycles. The number of aromatic nitrogens is 2. The van der Waals surface area contributed by atoms with E-state index >= 15 is 0 Å². The maximum Gasteiger partial charge on any atom is 0.330 e. The Balaban J connectivity index is 2.80. The standard InChI is InChI=1S/C9H13N5O4/c1-6(18-7(5-15)4-11-13-10)14-3-2-8(16)12-9(14)17/h2-3,6-7,15H,4-5H2,1H3,(H,12,16,17)/t6-,7+/m1/s1. The Bertz CT molecular complexity index is 544. The third kappa shape index (κ3) is 3.74. The summed E-state index contributed by atoms with van der Waals surface area (Å²) in [6.45, 7) is 1.18. The van der Waals surface area contributed by atoms with Gasteiger partial charge in [0.05, 0.1) is 19.3 Å². The lowest BCUT2D eigenvalue weighted by molar-refractivity contribution is -0.0622. The van der Waals surface area contributed by atoms with E-state index in [0.29, 0.717) is 0 Å². The van der Waals surface area contributed by atoms with Crippen molar-refractivity contribution in [3.63, 3.8) is 0 Å². The minimum absolute atomic E-state index is 0.0462. The number of rotatable bonds is 6. The second kappa shape index (κ2) is 6.60. The van der Waals surface area contributed by atoms with Crippen molar-refractivity contribution in [1.82, 2.24) is 9.55 Å². The van der Waals surface area contributed by atoms with Crippen LogP contribution in [-0.2, 0) is 4.74 Å². The molecule has 1 rings (SSSR count). The van der Waals surface area contributed by atoms with Crippen molar-refractivity contribution >= 4 is 0 Å². The zero-order valence-corrected chi connectivity index (χ0v) is 9.68. The SMILES string of the molecule is C[C@@H](O[C@H](CO)CN=[N+]=[N-])n1ccc(=O)[nH]c1=O. The Morgan fingerprint density at radius 3 is 2.94 bits per heavy atom. The smallest absolute Gasteiger partial charge is 0.330 e. The van der Waals surface area contributed by atoms with Gasteiger partial charge in [-0.2, -0.15) is 0 Å². The van der Waals surface area contributed by atoms with Crippen molar-refractivity contribution in [3.05, 3.63) is 43.5 Å². The molecule has 0 unspecified atom stereocenters. The molecule has 0 fully saturated rings. The highest BCUT2D eigenvalue weighted by Crippen LogP contribution is 2.07. The van der Waals surface area contributed by atoms with Crippen LogP contribution in [0.5, 0.6) is 0 Å². The van der Waals surface area contributed by atoms with E-state index < -0.39 is 23.6 Å². The van der Waals surface area contributed by atoms with E-state index in [1.807, 2.05) is 0 Å². The van der Waals surface area contributed by atoms with Crippen LogP contribution in [-0.4, -0.2) is 33.9 Å².